The number of amides is 2. The molecule has 0 spiro atoms. The maximum Gasteiger partial charge on any atom is 0.251 e. The van der Waals surface area contributed by atoms with Gasteiger partial charge in [0, 0.05) is 25.6 Å². The molecule has 0 saturated carbocycles. The second kappa shape index (κ2) is 7.29. The van der Waals surface area contributed by atoms with Gasteiger partial charge in [-0.15, -0.1) is 0 Å². The van der Waals surface area contributed by atoms with Crippen LogP contribution in [-0.4, -0.2) is 30.1 Å². The fraction of sp³-hybridized carbons (Fsp3) is 0.333. The molecule has 6 nitrogen and oxygen atoms in total. The maximum absolute atomic E-state index is 11.7. The largest absolute Gasteiger partial charge is 0.356 e. The average molecular weight is 251 g/mol. The standard InChI is InChI=1S/C12H17N3O3/c1-9(16)13-6-3-7-14-12(17)10-4-2-5-11(8-10)15-18/h2,4-5,8,15,18H,3,6-7H2,1H3,(H,13,16)(H,14,17). The molecule has 0 saturated heterocycles. The number of rotatable bonds is 6. The molecule has 0 aromatic heterocycles. The van der Waals surface area contributed by atoms with Crippen molar-refractivity contribution < 1.29 is 14.8 Å². The molecule has 2 amide bonds. The minimum absolute atomic E-state index is 0.0805. The van der Waals surface area contributed by atoms with E-state index in [2.05, 4.69) is 10.6 Å². The second-order valence-electron chi connectivity index (χ2n) is 3.79. The van der Waals surface area contributed by atoms with Gasteiger partial charge in [-0.1, -0.05) is 6.07 Å². The number of anilines is 1. The van der Waals surface area contributed by atoms with Crippen molar-refractivity contribution in [3.05, 3.63) is 29.8 Å². The Labute approximate surface area is 105 Å². The van der Waals surface area contributed by atoms with Gasteiger partial charge in [0.15, 0.2) is 0 Å². The summed E-state index contributed by atoms with van der Waals surface area (Å²) in [6.45, 7) is 2.47. The van der Waals surface area contributed by atoms with E-state index in [9.17, 15) is 9.59 Å². The SMILES string of the molecule is CC(=O)NCCCNC(=O)c1cccc(NO)c1. The molecule has 0 unspecified atom stereocenters. The van der Waals surface area contributed by atoms with Gasteiger partial charge in [0.1, 0.15) is 0 Å². The van der Waals surface area contributed by atoms with Gasteiger partial charge in [0.2, 0.25) is 5.91 Å². The van der Waals surface area contributed by atoms with E-state index in [0.717, 1.165) is 0 Å². The van der Waals surface area contributed by atoms with Crippen LogP contribution < -0.4 is 16.1 Å². The van der Waals surface area contributed by atoms with Gasteiger partial charge in [0.25, 0.3) is 5.91 Å². The zero-order valence-corrected chi connectivity index (χ0v) is 10.2. The predicted molar refractivity (Wildman–Crippen MR) is 67.5 cm³/mol. The topological polar surface area (TPSA) is 90.5 Å². The lowest BCUT2D eigenvalue weighted by Gasteiger charge is -2.06. The summed E-state index contributed by atoms with van der Waals surface area (Å²) in [7, 11) is 0. The van der Waals surface area contributed by atoms with Gasteiger partial charge >= 0.3 is 0 Å². The number of hydrogen-bond donors (Lipinski definition) is 4. The van der Waals surface area contributed by atoms with Crippen LogP contribution in [0.3, 0.4) is 0 Å². The van der Waals surface area contributed by atoms with Crippen LogP contribution in [0.15, 0.2) is 24.3 Å². The molecule has 0 aliphatic rings. The van der Waals surface area contributed by atoms with E-state index in [1.54, 1.807) is 24.3 Å². The predicted octanol–water partition coefficient (Wildman–Crippen LogP) is 0.744. The Bertz CT molecular complexity index is 421. The van der Waals surface area contributed by atoms with Gasteiger partial charge < -0.3 is 10.6 Å². The Morgan fingerprint density at radius 3 is 2.61 bits per heavy atom. The summed E-state index contributed by atoms with van der Waals surface area (Å²) in [6.07, 6.45) is 0.670. The molecule has 98 valence electrons. The fourth-order valence-electron chi connectivity index (χ4n) is 1.39. The van der Waals surface area contributed by atoms with Crippen molar-refractivity contribution in [3.63, 3.8) is 0 Å². The van der Waals surface area contributed by atoms with E-state index in [4.69, 9.17) is 5.21 Å². The number of hydrogen-bond acceptors (Lipinski definition) is 4. The summed E-state index contributed by atoms with van der Waals surface area (Å²) in [5.74, 6) is -0.294. The van der Waals surface area contributed by atoms with Crippen molar-refractivity contribution in [3.8, 4) is 0 Å². The first-order valence-corrected chi connectivity index (χ1v) is 5.66. The number of carbonyl (C=O) groups is 2. The van der Waals surface area contributed by atoms with Gasteiger partial charge in [-0.25, -0.2) is 0 Å². The molecule has 1 aromatic carbocycles. The highest BCUT2D eigenvalue weighted by Gasteiger charge is 2.05. The molecule has 4 N–H and O–H groups in total. The Balaban J connectivity index is 2.33. The number of carbonyl (C=O) groups excluding carboxylic acids is 2. The van der Waals surface area contributed by atoms with Crippen molar-refractivity contribution in [2.75, 3.05) is 18.6 Å². The monoisotopic (exact) mass is 251 g/mol. The van der Waals surface area contributed by atoms with Crippen molar-refractivity contribution in [2.45, 2.75) is 13.3 Å². The van der Waals surface area contributed by atoms with Crippen LogP contribution >= 0.6 is 0 Å². The van der Waals surface area contributed by atoms with Gasteiger partial charge in [-0.2, -0.15) is 0 Å². The highest BCUT2D eigenvalue weighted by atomic mass is 16.5. The summed E-state index contributed by atoms with van der Waals surface area (Å²) < 4.78 is 0. The van der Waals surface area contributed by atoms with Gasteiger partial charge in [-0.3, -0.25) is 20.3 Å². The normalized spacial score (nSPS) is 9.67. The van der Waals surface area contributed by atoms with Crippen LogP contribution in [0.2, 0.25) is 0 Å². The Morgan fingerprint density at radius 2 is 1.94 bits per heavy atom. The maximum atomic E-state index is 11.7. The molecule has 1 rings (SSSR count). The van der Waals surface area contributed by atoms with Crippen LogP contribution in [-0.2, 0) is 4.79 Å². The second-order valence-corrected chi connectivity index (χ2v) is 3.79. The molecule has 0 heterocycles. The van der Waals surface area contributed by atoms with Crippen molar-refractivity contribution in [2.24, 2.45) is 0 Å². The van der Waals surface area contributed by atoms with Crippen molar-refractivity contribution >= 4 is 17.5 Å². The van der Waals surface area contributed by atoms with Crippen LogP contribution in [0.1, 0.15) is 23.7 Å². The number of benzene rings is 1. The van der Waals surface area contributed by atoms with Crippen molar-refractivity contribution in [1.29, 1.82) is 0 Å². The number of nitrogens with one attached hydrogen (secondary N) is 3. The molecule has 0 aliphatic heterocycles. The van der Waals surface area contributed by atoms with Crippen LogP contribution in [0.4, 0.5) is 5.69 Å². The van der Waals surface area contributed by atoms with Crippen LogP contribution in [0, 0.1) is 0 Å². The summed E-state index contributed by atoms with van der Waals surface area (Å²) in [6, 6.07) is 6.52. The third-order valence-electron chi connectivity index (χ3n) is 2.27. The lowest BCUT2D eigenvalue weighted by atomic mass is 10.2. The minimum Gasteiger partial charge on any atom is -0.356 e. The van der Waals surface area contributed by atoms with Crippen LogP contribution in [0.5, 0.6) is 0 Å². The van der Waals surface area contributed by atoms with Crippen LogP contribution in [0.25, 0.3) is 0 Å². The Hall–Kier alpha value is -2.08. The molecule has 18 heavy (non-hydrogen) atoms. The molecule has 0 atom stereocenters. The quantitative estimate of drug-likeness (QED) is 0.443. The first-order chi connectivity index (χ1) is 8.63. The molecule has 0 radical (unpaired) electrons. The van der Waals surface area contributed by atoms with E-state index < -0.39 is 0 Å². The van der Waals surface area contributed by atoms with E-state index in [-0.39, 0.29) is 11.8 Å². The first-order valence-electron chi connectivity index (χ1n) is 5.66. The first kappa shape index (κ1) is 14.0. The zero-order chi connectivity index (χ0) is 13.4. The van der Waals surface area contributed by atoms with E-state index in [0.29, 0.717) is 30.8 Å². The van der Waals surface area contributed by atoms with Crippen molar-refractivity contribution in [1.82, 2.24) is 10.6 Å². The summed E-state index contributed by atoms with van der Waals surface area (Å²) >= 11 is 0. The summed E-state index contributed by atoms with van der Waals surface area (Å²) in [5.41, 5.74) is 2.91. The minimum atomic E-state index is -0.213. The smallest absolute Gasteiger partial charge is 0.251 e. The van der Waals surface area contributed by atoms with E-state index >= 15 is 0 Å². The average Bonchev–Trinajstić information content (AvgIpc) is 2.37. The van der Waals surface area contributed by atoms with E-state index in [1.807, 2.05) is 5.48 Å². The molecule has 1 aromatic rings. The molecular weight excluding hydrogens is 234 g/mol. The molecule has 0 bridgehead atoms. The Kier molecular flexibility index (Phi) is 5.66. The van der Waals surface area contributed by atoms with E-state index in [1.165, 1.54) is 6.92 Å². The summed E-state index contributed by atoms with van der Waals surface area (Å²) in [4.78, 5) is 22.3. The lowest BCUT2D eigenvalue weighted by Crippen LogP contribution is -2.28. The molecule has 6 heteroatoms. The third kappa shape index (κ3) is 4.84. The molecular formula is C12H17N3O3. The zero-order valence-electron chi connectivity index (χ0n) is 10.2. The Morgan fingerprint density at radius 1 is 1.22 bits per heavy atom. The third-order valence-corrected chi connectivity index (χ3v) is 2.27. The fourth-order valence-corrected chi connectivity index (χ4v) is 1.39. The highest BCUT2D eigenvalue weighted by Crippen LogP contribution is 2.09. The molecule has 0 fully saturated rings. The highest BCUT2D eigenvalue weighted by molar-refractivity contribution is 5.95. The summed E-state index contributed by atoms with van der Waals surface area (Å²) in [5, 5.41) is 14.1. The molecule has 0 aliphatic carbocycles. The van der Waals surface area contributed by atoms with Gasteiger partial charge in [-0.05, 0) is 24.6 Å². The lowest BCUT2D eigenvalue weighted by molar-refractivity contribution is -0.118. The van der Waals surface area contributed by atoms with Gasteiger partial charge in [0.05, 0.1) is 5.69 Å².